The average molecular weight is 410 g/mol. The maximum Gasteiger partial charge on any atom is 0.259 e. The van der Waals surface area contributed by atoms with Crippen LogP contribution in [0.1, 0.15) is 26.3 Å². The summed E-state index contributed by atoms with van der Waals surface area (Å²) in [6.07, 6.45) is 0. The summed E-state index contributed by atoms with van der Waals surface area (Å²) in [5.74, 6) is 0.00763. The topological polar surface area (TPSA) is 67.4 Å². The van der Waals surface area contributed by atoms with Crippen LogP contribution < -0.4 is 15.4 Å². The fourth-order valence-corrected chi connectivity index (χ4v) is 3.43. The number of methoxy groups -OCH3 is 1. The van der Waals surface area contributed by atoms with E-state index in [1.54, 1.807) is 37.4 Å². The molecular weight excluding hydrogens is 388 g/mol. The SMILES string of the molecule is COc1cc2ccccc2cc1C(=O)Nc1cccc(NC(=O)c2cccc(C)c2)c1. The summed E-state index contributed by atoms with van der Waals surface area (Å²) in [4.78, 5) is 25.5. The van der Waals surface area contributed by atoms with E-state index in [9.17, 15) is 9.59 Å². The third kappa shape index (κ3) is 4.56. The number of carbonyl (C=O) groups is 2. The molecular formula is C26H22N2O3. The second-order valence-electron chi connectivity index (χ2n) is 7.26. The van der Waals surface area contributed by atoms with Gasteiger partial charge in [0.25, 0.3) is 11.8 Å². The van der Waals surface area contributed by atoms with Crippen molar-refractivity contribution in [2.24, 2.45) is 0 Å². The number of benzene rings is 4. The summed E-state index contributed by atoms with van der Waals surface area (Å²) < 4.78 is 5.43. The van der Waals surface area contributed by atoms with E-state index in [0.717, 1.165) is 16.3 Å². The first kappa shape index (κ1) is 20.2. The Morgan fingerprint density at radius 1 is 0.710 bits per heavy atom. The molecule has 0 aliphatic heterocycles. The molecule has 4 rings (SSSR count). The zero-order chi connectivity index (χ0) is 21.8. The monoisotopic (exact) mass is 410 g/mol. The summed E-state index contributed by atoms with van der Waals surface area (Å²) in [5.41, 5.74) is 3.20. The van der Waals surface area contributed by atoms with Gasteiger partial charge in [0.15, 0.2) is 0 Å². The normalized spacial score (nSPS) is 10.5. The van der Waals surface area contributed by atoms with Crippen LogP contribution in [0.15, 0.2) is 84.9 Å². The molecule has 4 aromatic carbocycles. The first-order valence-corrected chi connectivity index (χ1v) is 9.90. The average Bonchev–Trinajstić information content (AvgIpc) is 2.78. The molecule has 0 heterocycles. The Morgan fingerprint density at radius 2 is 1.35 bits per heavy atom. The number of hydrogen-bond donors (Lipinski definition) is 2. The smallest absolute Gasteiger partial charge is 0.259 e. The number of rotatable bonds is 5. The van der Waals surface area contributed by atoms with Crippen LogP contribution in [0.5, 0.6) is 5.75 Å². The zero-order valence-electron chi connectivity index (χ0n) is 17.3. The Kier molecular flexibility index (Phi) is 5.67. The number of aryl methyl sites for hydroxylation is 1. The minimum Gasteiger partial charge on any atom is -0.496 e. The molecule has 5 nitrogen and oxygen atoms in total. The highest BCUT2D eigenvalue weighted by Gasteiger charge is 2.14. The van der Waals surface area contributed by atoms with Crippen molar-refractivity contribution >= 4 is 34.0 Å². The van der Waals surface area contributed by atoms with E-state index in [0.29, 0.717) is 28.3 Å². The molecule has 0 bridgehead atoms. The maximum absolute atomic E-state index is 13.0. The highest BCUT2D eigenvalue weighted by molar-refractivity contribution is 6.09. The molecule has 0 atom stereocenters. The molecule has 0 saturated carbocycles. The summed E-state index contributed by atoms with van der Waals surface area (Å²) in [6, 6.07) is 25.9. The third-order valence-electron chi connectivity index (χ3n) is 4.97. The number of amides is 2. The molecule has 0 radical (unpaired) electrons. The van der Waals surface area contributed by atoms with Crippen LogP contribution in [-0.4, -0.2) is 18.9 Å². The molecule has 2 N–H and O–H groups in total. The van der Waals surface area contributed by atoms with E-state index in [1.165, 1.54) is 0 Å². The molecule has 4 aromatic rings. The van der Waals surface area contributed by atoms with Crippen LogP contribution in [0.25, 0.3) is 10.8 Å². The minimum absolute atomic E-state index is 0.205. The van der Waals surface area contributed by atoms with Crippen molar-refractivity contribution in [1.29, 1.82) is 0 Å². The maximum atomic E-state index is 13.0. The van der Waals surface area contributed by atoms with E-state index >= 15 is 0 Å². The van der Waals surface area contributed by atoms with Crippen LogP contribution in [0.2, 0.25) is 0 Å². The van der Waals surface area contributed by atoms with Gasteiger partial charge in [0, 0.05) is 16.9 Å². The highest BCUT2D eigenvalue weighted by atomic mass is 16.5. The zero-order valence-corrected chi connectivity index (χ0v) is 17.3. The number of ether oxygens (including phenoxy) is 1. The van der Waals surface area contributed by atoms with Gasteiger partial charge in [0.2, 0.25) is 0 Å². The molecule has 2 amide bonds. The number of hydrogen-bond acceptors (Lipinski definition) is 3. The molecule has 0 fully saturated rings. The number of fused-ring (bicyclic) bond motifs is 1. The Morgan fingerprint density at radius 3 is 2.03 bits per heavy atom. The molecule has 154 valence electrons. The van der Waals surface area contributed by atoms with Gasteiger partial charge in [-0.1, -0.05) is 48.0 Å². The van der Waals surface area contributed by atoms with Gasteiger partial charge in [-0.15, -0.1) is 0 Å². The van der Waals surface area contributed by atoms with Crippen LogP contribution in [0, 0.1) is 6.92 Å². The first-order valence-electron chi connectivity index (χ1n) is 9.90. The third-order valence-corrected chi connectivity index (χ3v) is 4.97. The van der Waals surface area contributed by atoms with Crippen molar-refractivity contribution in [2.75, 3.05) is 17.7 Å². The van der Waals surface area contributed by atoms with Gasteiger partial charge in [0.1, 0.15) is 5.75 Å². The predicted octanol–water partition coefficient (Wildman–Crippen LogP) is 5.66. The molecule has 0 saturated heterocycles. The van der Waals surface area contributed by atoms with Crippen molar-refractivity contribution in [3.8, 4) is 5.75 Å². The Balaban J connectivity index is 1.54. The van der Waals surface area contributed by atoms with Gasteiger partial charge < -0.3 is 15.4 Å². The van der Waals surface area contributed by atoms with Crippen LogP contribution >= 0.6 is 0 Å². The lowest BCUT2D eigenvalue weighted by molar-refractivity contribution is 0.101. The van der Waals surface area contributed by atoms with Crippen LogP contribution in [0.4, 0.5) is 11.4 Å². The van der Waals surface area contributed by atoms with Crippen molar-refractivity contribution in [1.82, 2.24) is 0 Å². The number of anilines is 2. The fourth-order valence-electron chi connectivity index (χ4n) is 3.43. The van der Waals surface area contributed by atoms with E-state index < -0.39 is 0 Å². The Labute approximate surface area is 180 Å². The van der Waals surface area contributed by atoms with Gasteiger partial charge in [-0.25, -0.2) is 0 Å². The lowest BCUT2D eigenvalue weighted by Gasteiger charge is -2.12. The second-order valence-corrected chi connectivity index (χ2v) is 7.26. The summed E-state index contributed by atoms with van der Waals surface area (Å²) in [7, 11) is 1.54. The van der Waals surface area contributed by atoms with Crippen molar-refractivity contribution in [3.05, 3.63) is 102 Å². The van der Waals surface area contributed by atoms with Gasteiger partial charge in [-0.05, 0) is 60.2 Å². The van der Waals surface area contributed by atoms with Crippen molar-refractivity contribution in [3.63, 3.8) is 0 Å². The Bertz CT molecular complexity index is 1280. The van der Waals surface area contributed by atoms with E-state index in [2.05, 4.69) is 10.6 Å². The quantitative estimate of drug-likeness (QED) is 0.446. The molecule has 0 unspecified atom stereocenters. The molecule has 0 aliphatic rings. The molecule has 5 heteroatoms. The second kappa shape index (κ2) is 8.71. The van der Waals surface area contributed by atoms with Crippen molar-refractivity contribution < 1.29 is 14.3 Å². The standard InChI is InChI=1S/C26H22N2O3/c1-17-7-5-10-20(13-17)25(29)27-21-11-6-12-22(16-21)28-26(30)23-14-18-8-3-4-9-19(18)15-24(23)31-2/h3-16H,1-2H3,(H,27,29)(H,28,30). The van der Waals surface area contributed by atoms with Gasteiger partial charge in [-0.2, -0.15) is 0 Å². The first-order chi connectivity index (χ1) is 15.0. The number of nitrogens with one attached hydrogen (secondary N) is 2. The lowest BCUT2D eigenvalue weighted by Crippen LogP contribution is -2.14. The minimum atomic E-state index is -0.287. The fraction of sp³-hybridized carbons (Fsp3) is 0.0769. The molecule has 0 aliphatic carbocycles. The summed E-state index contributed by atoms with van der Waals surface area (Å²) in [6.45, 7) is 1.94. The molecule has 0 spiro atoms. The molecule has 0 aromatic heterocycles. The van der Waals surface area contributed by atoms with E-state index in [1.807, 2.05) is 61.5 Å². The van der Waals surface area contributed by atoms with Crippen molar-refractivity contribution in [2.45, 2.75) is 6.92 Å². The molecule has 31 heavy (non-hydrogen) atoms. The van der Waals surface area contributed by atoms with Crippen LogP contribution in [-0.2, 0) is 0 Å². The van der Waals surface area contributed by atoms with Gasteiger partial charge in [-0.3, -0.25) is 9.59 Å². The van der Waals surface area contributed by atoms with E-state index in [4.69, 9.17) is 4.74 Å². The summed E-state index contributed by atoms with van der Waals surface area (Å²) >= 11 is 0. The highest BCUT2D eigenvalue weighted by Crippen LogP contribution is 2.27. The lowest BCUT2D eigenvalue weighted by atomic mass is 10.1. The van der Waals surface area contributed by atoms with Gasteiger partial charge in [0.05, 0.1) is 12.7 Å². The predicted molar refractivity (Wildman–Crippen MR) is 124 cm³/mol. The summed E-state index contributed by atoms with van der Waals surface area (Å²) in [5, 5.41) is 7.71. The largest absolute Gasteiger partial charge is 0.496 e. The van der Waals surface area contributed by atoms with E-state index in [-0.39, 0.29) is 11.8 Å². The Hall–Kier alpha value is -4.12. The van der Waals surface area contributed by atoms with Crippen LogP contribution in [0.3, 0.4) is 0 Å². The van der Waals surface area contributed by atoms with Gasteiger partial charge >= 0.3 is 0 Å². The number of carbonyl (C=O) groups excluding carboxylic acids is 2.